The largest absolute Gasteiger partial charge is 0.383 e. The number of rotatable bonds is 6. The van der Waals surface area contributed by atoms with Crippen molar-refractivity contribution in [3.63, 3.8) is 0 Å². The topological polar surface area (TPSA) is 30.5 Å². The molecular weight excluding hydrogens is 342 g/mol. The lowest BCUT2D eigenvalue weighted by Gasteiger charge is -2.32. The van der Waals surface area contributed by atoms with Crippen molar-refractivity contribution in [1.29, 1.82) is 0 Å². The van der Waals surface area contributed by atoms with E-state index in [1.54, 1.807) is 7.11 Å². The first-order valence-corrected chi connectivity index (χ1v) is 8.15. The first kappa shape index (κ1) is 16.2. The molecule has 1 aromatic carbocycles. The summed E-state index contributed by atoms with van der Waals surface area (Å²) < 4.78 is 12.0. The van der Waals surface area contributed by atoms with E-state index >= 15 is 0 Å². The highest BCUT2D eigenvalue weighted by Crippen LogP contribution is 2.35. The Kier molecular flexibility index (Phi) is 6.78. The molecule has 0 spiro atoms. The third kappa shape index (κ3) is 4.43. The van der Waals surface area contributed by atoms with Crippen molar-refractivity contribution in [2.45, 2.75) is 18.9 Å². The van der Waals surface area contributed by atoms with Crippen molar-refractivity contribution in [2.75, 3.05) is 33.4 Å². The van der Waals surface area contributed by atoms with E-state index in [1.165, 1.54) is 12.0 Å². The average molecular weight is 363 g/mol. The molecule has 0 saturated carbocycles. The fourth-order valence-corrected chi connectivity index (χ4v) is 3.09. The highest BCUT2D eigenvalue weighted by atomic mass is 79.9. The number of ether oxygens (including phenoxy) is 2. The maximum Gasteiger partial charge on any atom is 0.0865 e. The highest BCUT2D eigenvalue weighted by molar-refractivity contribution is 9.10. The average Bonchev–Trinajstić information content (AvgIpc) is 2.47. The van der Waals surface area contributed by atoms with Gasteiger partial charge in [-0.3, -0.25) is 0 Å². The minimum Gasteiger partial charge on any atom is -0.383 e. The van der Waals surface area contributed by atoms with Crippen LogP contribution in [0, 0.1) is 5.92 Å². The summed E-state index contributed by atoms with van der Waals surface area (Å²) in [7, 11) is 1.72. The zero-order chi connectivity index (χ0) is 14.4. The van der Waals surface area contributed by atoms with E-state index in [1.807, 2.05) is 6.07 Å². The van der Waals surface area contributed by atoms with E-state index in [9.17, 15) is 0 Å². The summed E-state index contributed by atoms with van der Waals surface area (Å²) in [4.78, 5) is 0. The zero-order valence-corrected chi connectivity index (χ0v) is 14.0. The Bertz CT molecular complexity index is 430. The molecule has 0 amide bonds. The molecule has 0 bridgehead atoms. The van der Waals surface area contributed by atoms with Gasteiger partial charge in [-0.05, 0) is 46.5 Å². The minimum absolute atomic E-state index is 0.146. The second kappa shape index (κ2) is 8.35. The lowest BCUT2D eigenvalue weighted by atomic mass is 9.89. The Morgan fingerprint density at radius 3 is 3.10 bits per heavy atom. The summed E-state index contributed by atoms with van der Waals surface area (Å²) in [5, 5.41) is 4.17. The maximum atomic E-state index is 6.06. The van der Waals surface area contributed by atoms with Crippen LogP contribution in [0.25, 0.3) is 0 Å². The van der Waals surface area contributed by atoms with Crippen LogP contribution in [0.1, 0.15) is 24.5 Å². The molecular formula is C15H21BrClNO2. The molecule has 20 heavy (non-hydrogen) atoms. The van der Waals surface area contributed by atoms with Crippen molar-refractivity contribution >= 4 is 27.5 Å². The highest BCUT2D eigenvalue weighted by Gasteiger charge is 2.27. The number of hydrogen-bond acceptors (Lipinski definition) is 3. The second-order valence-electron chi connectivity index (χ2n) is 5.06. The van der Waals surface area contributed by atoms with E-state index < -0.39 is 0 Å². The fourth-order valence-electron chi connectivity index (χ4n) is 2.57. The molecule has 0 aliphatic carbocycles. The molecule has 1 aromatic rings. The zero-order valence-electron chi connectivity index (χ0n) is 11.7. The maximum absolute atomic E-state index is 6.06. The summed E-state index contributed by atoms with van der Waals surface area (Å²) in [5.41, 5.74) is 1.19. The van der Waals surface area contributed by atoms with Crippen molar-refractivity contribution in [3.8, 4) is 0 Å². The van der Waals surface area contributed by atoms with Gasteiger partial charge >= 0.3 is 0 Å². The van der Waals surface area contributed by atoms with Crippen LogP contribution < -0.4 is 5.32 Å². The molecule has 1 saturated heterocycles. The van der Waals surface area contributed by atoms with Crippen molar-refractivity contribution < 1.29 is 9.47 Å². The van der Waals surface area contributed by atoms with E-state index in [0.29, 0.717) is 5.92 Å². The third-order valence-electron chi connectivity index (χ3n) is 3.61. The van der Waals surface area contributed by atoms with Gasteiger partial charge in [-0.1, -0.05) is 17.7 Å². The standard InChI is InChI=1S/C15H21BrClNO2/c1-19-8-6-18-10-12-3-2-7-20-15(12)11-4-5-14(17)13(16)9-11/h4-5,9,12,15,18H,2-3,6-8,10H2,1H3. The number of nitrogens with one attached hydrogen (secondary N) is 1. The van der Waals surface area contributed by atoms with Crippen molar-refractivity contribution in [3.05, 3.63) is 33.3 Å². The smallest absolute Gasteiger partial charge is 0.0865 e. The van der Waals surface area contributed by atoms with E-state index in [0.717, 1.165) is 42.2 Å². The Morgan fingerprint density at radius 1 is 1.50 bits per heavy atom. The van der Waals surface area contributed by atoms with Crippen LogP contribution in [0.15, 0.2) is 22.7 Å². The molecule has 2 unspecified atom stereocenters. The van der Waals surface area contributed by atoms with Crippen molar-refractivity contribution in [1.82, 2.24) is 5.32 Å². The SMILES string of the molecule is COCCNCC1CCCOC1c1ccc(Cl)c(Br)c1. The molecule has 1 heterocycles. The molecule has 1 aliphatic heterocycles. The van der Waals surface area contributed by atoms with E-state index in [-0.39, 0.29) is 6.10 Å². The van der Waals surface area contributed by atoms with Gasteiger partial charge < -0.3 is 14.8 Å². The minimum atomic E-state index is 0.146. The normalized spacial score (nSPS) is 22.9. The van der Waals surface area contributed by atoms with Crippen molar-refractivity contribution in [2.24, 2.45) is 5.92 Å². The quantitative estimate of drug-likeness (QED) is 0.781. The Labute approximate surface area is 134 Å². The van der Waals surface area contributed by atoms with Crippen LogP contribution in [-0.2, 0) is 9.47 Å². The molecule has 1 N–H and O–H groups in total. The predicted molar refractivity (Wildman–Crippen MR) is 85.3 cm³/mol. The summed E-state index contributed by atoms with van der Waals surface area (Å²) in [5.74, 6) is 0.494. The van der Waals surface area contributed by atoms with Crippen LogP contribution in [0.3, 0.4) is 0 Å². The number of halogens is 2. The summed E-state index contributed by atoms with van der Waals surface area (Å²) in [6, 6.07) is 6.06. The van der Waals surface area contributed by atoms with Crippen LogP contribution >= 0.6 is 27.5 Å². The Morgan fingerprint density at radius 2 is 2.35 bits per heavy atom. The van der Waals surface area contributed by atoms with Gasteiger partial charge in [0.2, 0.25) is 0 Å². The monoisotopic (exact) mass is 361 g/mol. The fraction of sp³-hybridized carbons (Fsp3) is 0.600. The molecule has 3 nitrogen and oxygen atoms in total. The van der Waals surface area contributed by atoms with E-state index in [2.05, 4.69) is 33.4 Å². The lowest BCUT2D eigenvalue weighted by molar-refractivity contribution is -0.0280. The molecule has 0 radical (unpaired) electrons. The van der Waals surface area contributed by atoms with Gasteiger partial charge in [0.15, 0.2) is 0 Å². The lowest BCUT2D eigenvalue weighted by Crippen LogP contribution is -2.33. The van der Waals surface area contributed by atoms with Gasteiger partial charge in [-0.2, -0.15) is 0 Å². The van der Waals surface area contributed by atoms with Gasteiger partial charge in [-0.25, -0.2) is 0 Å². The van der Waals surface area contributed by atoms with Crippen LogP contribution in [0.4, 0.5) is 0 Å². The molecule has 0 aromatic heterocycles. The molecule has 1 fully saturated rings. The molecule has 5 heteroatoms. The van der Waals surface area contributed by atoms with E-state index in [4.69, 9.17) is 21.1 Å². The molecule has 1 aliphatic rings. The van der Waals surface area contributed by atoms with Gasteiger partial charge in [0.05, 0.1) is 17.7 Å². The van der Waals surface area contributed by atoms with Gasteiger partial charge in [-0.15, -0.1) is 0 Å². The third-order valence-corrected chi connectivity index (χ3v) is 4.82. The predicted octanol–water partition coefficient (Wildman–Crippen LogP) is 3.81. The number of hydrogen-bond donors (Lipinski definition) is 1. The summed E-state index contributed by atoms with van der Waals surface area (Å²) in [6.07, 6.45) is 2.46. The number of methoxy groups -OCH3 is 1. The first-order chi connectivity index (χ1) is 9.72. The first-order valence-electron chi connectivity index (χ1n) is 6.98. The Balaban J connectivity index is 2.00. The van der Waals surface area contributed by atoms with Gasteiger partial charge in [0.25, 0.3) is 0 Å². The van der Waals surface area contributed by atoms with Gasteiger partial charge in [0, 0.05) is 37.2 Å². The molecule has 112 valence electrons. The second-order valence-corrected chi connectivity index (χ2v) is 6.33. The molecule has 2 rings (SSSR count). The Hall–Kier alpha value is -0.130. The number of benzene rings is 1. The molecule has 2 atom stereocenters. The summed E-state index contributed by atoms with van der Waals surface area (Å²) in [6.45, 7) is 3.41. The van der Waals surface area contributed by atoms with Crippen LogP contribution in [0.2, 0.25) is 5.02 Å². The van der Waals surface area contributed by atoms with Gasteiger partial charge in [0.1, 0.15) is 0 Å². The van der Waals surface area contributed by atoms with Crippen LogP contribution in [-0.4, -0.2) is 33.4 Å². The van der Waals surface area contributed by atoms with Crippen LogP contribution in [0.5, 0.6) is 0 Å². The summed E-state index contributed by atoms with van der Waals surface area (Å²) >= 11 is 9.55.